The van der Waals surface area contributed by atoms with Crippen LogP contribution in [-0.2, 0) is 0 Å². The lowest BCUT2D eigenvalue weighted by molar-refractivity contribution is 0.607. The molecule has 4 heteroatoms. The third kappa shape index (κ3) is 2.80. The Bertz CT molecular complexity index is 417. The van der Waals surface area contributed by atoms with E-state index in [1.807, 2.05) is 7.05 Å². The van der Waals surface area contributed by atoms with E-state index in [4.69, 9.17) is 24.4 Å². The number of nitrogens with zero attached hydrogens (tertiary/aromatic N) is 1. The molecule has 0 aliphatic carbocycles. The second kappa shape index (κ2) is 5.73. The number of rotatable bonds is 6. The van der Waals surface area contributed by atoms with Crippen molar-refractivity contribution in [3.8, 4) is 0 Å². The van der Waals surface area contributed by atoms with Crippen LogP contribution >= 0.6 is 24.4 Å². The minimum Gasteiger partial charge on any atom is -0.382 e. The smallest absolute Gasteiger partial charge is 0.0834 e. The maximum absolute atomic E-state index is 5.27. The Kier molecular flexibility index (Phi) is 4.87. The van der Waals surface area contributed by atoms with Gasteiger partial charge in [-0.15, -0.1) is 0 Å². The van der Waals surface area contributed by atoms with E-state index in [9.17, 15) is 0 Å². The maximum atomic E-state index is 5.27. The highest BCUT2D eigenvalue weighted by Gasteiger charge is 2.16. The Hall–Kier alpha value is -0.480. The van der Waals surface area contributed by atoms with E-state index >= 15 is 0 Å². The molecule has 90 valence electrons. The molecule has 0 saturated carbocycles. The summed E-state index contributed by atoms with van der Waals surface area (Å²) in [5.41, 5.74) is 2.19. The summed E-state index contributed by atoms with van der Waals surface area (Å²) in [4.78, 5) is 2.15. The van der Waals surface area contributed by atoms with Crippen LogP contribution in [0.4, 0.5) is 11.4 Å². The topological polar surface area (TPSA) is 15.3 Å². The Morgan fingerprint density at radius 1 is 1.25 bits per heavy atom. The first-order valence-corrected chi connectivity index (χ1v) is 6.59. The Morgan fingerprint density at radius 3 is 2.38 bits per heavy atom. The van der Waals surface area contributed by atoms with Crippen LogP contribution < -0.4 is 10.2 Å². The summed E-state index contributed by atoms with van der Waals surface area (Å²) < 4.78 is 1.67. The highest BCUT2D eigenvalue weighted by atomic mass is 32.1. The summed E-state index contributed by atoms with van der Waals surface area (Å²) in [5, 5.41) is 3.41. The zero-order chi connectivity index (χ0) is 12.3. The first-order chi connectivity index (χ1) is 7.49. The van der Waals surface area contributed by atoms with Crippen molar-refractivity contribution >= 4 is 35.8 Å². The van der Waals surface area contributed by atoms with Crippen LogP contribution in [-0.4, -0.2) is 20.1 Å². The fraction of sp³-hybridized carbons (Fsp3) is 0.667. The summed E-state index contributed by atoms with van der Waals surface area (Å²) in [6.45, 7) is 8.48. The molecular formula is C12H20N2S2. The fourth-order valence-electron chi connectivity index (χ4n) is 1.55. The molecule has 1 rings (SSSR count). The lowest BCUT2D eigenvalue weighted by atomic mass is 10.1. The molecule has 0 aromatic heterocycles. The zero-order valence-electron chi connectivity index (χ0n) is 10.5. The van der Waals surface area contributed by atoms with Gasteiger partial charge in [-0.2, -0.15) is 0 Å². The van der Waals surface area contributed by atoms with Crippen molar-refractivity contribution < 1.29 is 0 Å². The van der Waals surface area contributed by atoms with Gasteiger partial charge in [-0.1, -0.05) is 38.3 Å². The van der Waals surface area contributed by atoms with Crippen LogP contribution in [0.5, 0.6) is 0 Å². The average molecular weight is 256 g/mol. The molecule has 0 aliphatic rings. The predicted molar refractivity (Wildman–Crippen MR) is 77.4 cm³/mol. The molecule has 0 radical (unpaired) electrons. The molecule has 0 atom stereocenters. The second-order valence-electron chi connectivity index (χ2n) is 4.51. The van der Waals surface area contributed by atoms with E-state index in [0.29, 0.717) is 5.92 Å². The molecule has 0 aliphatic heterocycles. The molecule has 0 heterocycles. The fourth-order valence-corrected chi connectivity index (χ4v) is 2.18. The minimum absolute atomic E-state index is 0.709. The predicted octanol–water partition coefficient (Wildman–Crippen LogP) is 3.94. The highest BCUT2D eigenvalue weighted by Crippen LogP contribution is 2.34. The summed E-state index contributed by atoms with van der Waals surface area (Å²) in [6, 6.07) is 0. The molecule has 2 nitrogen and oxygen atoms in total. The molecule has 1 aromatic rings. The number of nitrogens with one attached hydrogen (secondary N) is 1. The third-order valence-electron chi connectivity index (χ3n) is 2.76. The van der Waals surface area contributed by atoms with Crippen LogP contribution in [0, 0.1) is 14.9 Å². The Morgan fingerprint density at radius 2 is 1.88 bits per heavy atom. The lowest BCUT2D eigenvalue weighted by Crippen LogP contribution is -2.21. The van der Waals surface area contributed by atoms with Gasteiger partial charge in [0.2, 0.25) is 0 Å². The summed E-state index contributed by atoms with van der Waals surface area (Å²) in [7, 11) is 2.05. The molecule has 0 amide bonds. The van der Waals surface area contributed by atoms with Crippen molar-refractivity contribution in [3.05, 3.63) is 9.02 Å². The van der Waals surface area contributed by atoms with Gasteiger partial charge in [0.15, 0.2) is 0 Å². The standard InChI is InChI=1S/C12H20N2S2/c1-5-14(4)10-9(11(15)12(10)16)13-7-6-8(2)3/h8,13H,5-7H2,1-4H3. The van der Waals surface area contributed by atoms with E-state index in [1.165, 1.54) is 0 Å². The van der Waals surface area contributed by atoms with Crippen LogP contribution in [0.15, 0.2) is 0 Å². The van der Waals surface area contributed by atoms with Gasteiger partial charge in [-0.25, -0.2) is 0 Å². The Balaban J connectivity index is 2.70. The van der Waals surface area contributed by atoms with Gasteiger partial charge in [0, 0.05) is 20.1 Å². The summed E-state index contributed by atoms with van der Waals surface area (Å²) in [5.74, 6) is 0.709. The van der Waals surface area contributed by atoms with Crippen molar-refractivity contribution in [3.63, 3.8) is 0 Å². The van der Waals surface area contributed by atoms with E-state index in [0.717, 1.165) is 39.9 Å². The minimum atomic E-state index is 0.709. The number of hydrogen-bond acceptors (Lipinski definition) is 4. The van der Waals surface area contributed by atoms with Gasteiger partial charge in [0.05, 0.1) is 20.4 Å². The summed E-state index contributed by atoms with van der Waals surface area (Å²) in [6.07, 6.45) is 1.15. The average Bonchev–Trinajstić information content (AvgIpc) is 2.26. The van der Waals surface area contributed by atoms with E-state index in [1.54, 1.807) is 0 Å². The van der Waals surface area contributed by atoms with E-state index in [2.05, 4.69) is 31.0 Å². The van der Waals surface area contributed by atoms with Gasteiger partial charge in [-0.05, 0) is 19.3 Å². The molecule has 1 N–H and O–H groups in total. The third-order valence-corrected chi connectivity index (χ3v) is 3.70. The molecule has 0 unspecified atom stereocenters. The van der Waals surface area contributed by atoms with Crippen molar-refractivity contribution in [1.82, 2.24) is 0 Å². The lowest BCUT2D eigenvalue weighted by Gasteiger charge is -2.25. The number of hydrogen-bond donors (Lipinski definition) is 1. The zero-order valence-corrected chi connectivity index (χ0v) is 12.1. The van der Waals surface area contributed by atoms with Crippen LogP contribution in [0.2, 0.25) is 0 Å². The van der Waals surface area contributed by atoms with Crippen molar-refractivity contribution in [2.45, 2.75) is 27.2 Å². The van der Waals surface area contributed by atoms with Crippen molar-refractivity contribution in [2.75, 3.05) is 30.4 Å². The van der Waals surface area contributed by atoms with Gasteiger partial charge in [0.1, 0.15) is 0 Å². The molecule has 0 fully saturated rings. The van der Waals surface area contributed by atoms with E-state index in [-0.39, 0.29) is 0 Å². The molecule has 0 saturated heterocycles. The normalized spacial score (nSPS) is 11.1. The van der Waals surface area contributed by atoms with Crippen molar-refractivity contribution in [2.24, 2.45) is 5.92 Å². The van der Waals surface area contributed by atoms with Gasteiger partial charge < -0.3 is 10.2 Å². The quantitative estimate of drug-likeness (QED) is 0.775. The molecule has 1 aromatic carbocycles. The van der Waals surface area contributed by atoms with Crippen LogP contribution in [0.3, 0.4) is 0 Å². The van der Waals surface area contributed by atoms with Gasteiger partial charge >= 0.3 is 0 Å². The highest BCUT2D eigenvalue weighted by molar-refractivity contribution is 7.74. The molecule has 16 heavy (non-hydrogen) atoms. The van der Waals surface area contributed by atoms with Crippen LogP contribution in [0.1, 0.15) is 27.2 Å². The van der Waals surface area contributed by atoms with Gasteiger partial charge in [-0.3, -0.25) is 0 Å². The molecule has 0 bridgehead atoms. The van der Waals surface area contributed by atoms with E-state index < -0.39 is 0 Å². The molecular weight excluding hydrogens is 236 g/mol. The maximum Gasteiger partial charge on any atom is 0.0834 e. The SMILES string of the molecule is CCN(C)c1c(NCCC(C)C)c(=S)c1=S. The van der Waals surface area contributed by atoms with Crippen molar-refractivity contribution in [1.29, 1.82) is 0 Å². The second-order valence-corrected chi connectivity index (χ2v) is 5.32. The first-order valence-electron chi connectivity index (χ1n) is 5.77. The Labute approximate surface area is 108 Å². The largest absolute Gasteiger partial charge is 0.382 e. The first kappa shape index (κ1) is 13.6. The van der Waals surface area contributed by atoms with Crippen LogP contribution in [0.25, 0.3) is 0 Å². The monoisotopic (exact) mass is 256 g/mol. The molecule has 0 spiro atoms. The number of anilines is 2. The van der Waals surface area contributed by atoms with Gasteiger partial charge in [0.25, 0.3) is 0 Å². The summed E-state index contributed by atoms with van der Waals surface area (Å²) >= 11 is 10.5.